The zero-order valence-electron chi connectivity index (χ0n) is 13.7. The quantitative estimate of drug-likeness (QED) is 0.860. The van der Waals surface area contributed by atoms with Crippen LogP contribution in [0.2, 0.25) is 0 Å². The highest BCUT2D eigenvalue weighted by atomic mass is 16.5. The predicted molar refractivity (Wildman–Crippen MR) is 85.5 cm³/mol. The Labute approximate surface area is 135 Å². The Hall–Kier alpha value is -2.44. The van der Waals surface area contributed by atoms with Gasteiger partial charge in [-0.15, -0.1) is 0 Å². The molecule has 3 heterocycles. The molecule has 0 radical (unpaired) electrons. The third kappa shape index (κ3) is 3.18. The lowest BCUT2D eigenvalue weighted by Gasteiger charge is -2.34. The Morgan fingerprint density at radius 3 is 2.61 bits per heavy atom. The van der Waals surface area contributed by atoms with Crippen LogP contribution in [0.4, 0.5) is 5.95 Å². The van der Waals surface area contributed by atoms with Crippen molar-refractivity contribution in [1.29, 1.82) is 0 Å². The minimum Gasteiger partial charge on any atom is -0.364 e. The summed E-state index contributed by atoms with van der Waals surface area (Å²) in [7, 11) is 0. The molecule has 1 aliphatic rings. The summed E-state index contributed by atoms with van der Waals surface area (Å²) in [5.41, 5.74) is 2.20. The molecule has 1 amide bonds. The fraction of sp³-hybridized carbons (Fsp3) is 0.500. The second-order valence-corrected chi connectivity index (χ2v) is 6.03. The Kier molecular flexibility index (Phi) is 4.27. The molecule has 2 aromatic heterocycles. The Morgan fingerprint density at radius 2 is 2.00 bits per heavy atom. The Bertz CT molecular complexity index is 689. The molecular weight excluding hydrogens is 294 g/mol. The van der Waals surface area contributed by atoms with Gasteiger partial charge in [-0.25, -0.2) is 9.97 Å². The third-order valence-electron chi connectivity index (χ3n) is 4.09. The van der Waals surface area contributed by atoms with Crippen molar-refractivity contribution in [2.24, 2.45) is 0 Å². The molecule has 23 heavy (non-hydrogen) atoms. The van der Waals surface area contributed by atoms with Gasteiger partial charge in [0.2, 0.25) is 5.95 Å². The summed E-state index contributed by atoms with van der Waals surface area (Å²) >= 11 is 0. The van der Waals surface area contributed by atoms with Crippen molar-refractivity contribution in [2.75, 3.05) is 31.1 Å². The number of rotatable bonds is 3. The van der Waals surface area contributed by atoms with E-state index in [2.05, 4.69) is 33.9 Å². The van der Waals surface area contributed by atoms with Gasteiger partial charge in [-0.3, -0.25) is 4.79 Å². The van der Waals surface area contributed by atoms with Crippen molar-refractivity contribution in [3.8, 4) is 0 Å². The number of nitrogens with zero attached hydrogens (tertiary/aromatic N) is 5. The van der Waals surface area contributed by atoms with E-state index >= 15 is 0 Å². The van der Waals surface area contributed by atoms with Gasteiger partial charge in [0.15, 0.2) is 0 Å². The predicted octanol–water partition coefficient (Wildman–Crippen LogP) is 1.86. The Balaban J connectivity index is 1.66. The normalized spacial score (nSPS) is 15.3. The number of anilines is 1. The molecule has 1 saturated heterocycles. The average molecular weight is 315 g/mol. The van der Waals surface area contributed by atoms with Crippen molar-refractivity contribution >= 4 is 11.9 Å². The summed E-state index contributed by atoms with van der Waals surface area (Å²) in [5, 5.41) is 3.77. The van der Waals surface area contributed by atoms with Gasteiger partial charge in [0.05, 0.1) is 5.69 Å². The minimum atomic E-state index is -0.0275. The van der Waals surface area contributed by atoms with E-state index in [1.807, 2.05) is 11.0 Å². The fourth-order valence-corrected chi connectivity index (χ4v) is 2.61. The molecule has 122 valence electrons. The number of piperazine rings is 1. The van der Waals surface area contributed by atoms with E-state index in [1.54, 1.807) is 13.1 Å². The lowest BCUT2D eigenvalue weighted by molar-refractivity contribution is 0.0745. The zero-order valence-corrected chi connectivity index (χ0v) is 13.7. The summed E-state index contributed by atoms with van der Waals surface area (Å²) in [4.78, 5) is 25.4. The molecule has 0 spiro atoms. The van der Waals surface area contributed by atoms with Crippen LogP contribution in [0.5, 0.6) is 0 Å². The van der Waals surface area contributed by atoms with Crippen LogP contribution in [0.1, 0.15) is 41.5 Å². The number of aryl methyl sites for hydroxylation is 1. The van der Waals surface area contributed by atoms with Crippen LogP contribution in [-0.4, -0.2) is 52.1 Å². The second kappa shape index (κ2) is 6.36. The van der Waals surface area contributed by atoms with Gasteiger partial charge < -0.3 is 14.3 Å². The molecule has 2 aromatic rings. The maximum Gasteiger partial charge on any atom is 0.259 e. The van der Waals surface area contributed by atoms with Gasteiger partial charge in [0.25, 0.3) is 5.91 Å². The van der Waals surface area contributed by atoms with E-state index in [0.29, 0.717) is 30.3 Å². The first-order valence-electron chi connectivity index (χ1n) is 7.84. The van der Waals surface area contributed by atoms with E-state index in [-0.39, 0.29) is 5.91 Å². The van der Waals surface area contributed by atoms with Crippen LogP contribution in [0, 0.1) is 6.92 Å². The third-order valence-corrected chi connectivity index (χ3v) is 4.09. The summed E-state index contributed by atoms with van der Waals surface area (Å²) in [6.45, 7) is 8.72. The highest BCUT2D eigenvalue weighted by Gasteiger charge is 2.25. The molecule has 1 aliphatic heterocycles. The van der Waals surface area contributed by atoms with Crippen LogP contribution in [0.3, 0.4) is 0 Å². The molecule has 1 fully saturated rings. The monoisotopic (exact) mass is 315 g/mol. The lowest BCUT2D eigenvalue weighted by atomic mass is 10.1. The van der Waals surface area contributed by atoms with Gasteiger partial charge in [0.1, 0.15) is 11.8 Å². The smallest absolute Gasteiger partial charge is 0.259 e. The van der Waals surface area contributed by atoms with Crippen LogP contribution >= 0.6 is 0 Å². The topological polar surface area (TPSA) is 75.4 Å². The van der Waals surface area contributed by atoms with Gasteiger partial charge in [-0.05, 0) is 18.9 Å². The van der Waals surface area contributed by atoms with E-state index in [0.717, 1.165) is 24.7 Å². The molecule has 0 N–H and O–H groups in total. The summed E-state index contributed by atoms with van der Waals surface area (Å²) in [5.74, 6) is 1.08. The van der Waals surface area contributed by atoms with Crippen LogP contribution < -0.4 is 4.90 Å². The fourth-order valence-electron chi connectivity index (χ4n) is 2.61. The van der Waals surface area contributed by atoms with Crippen molar-refractivity contribution in [1.82, 2.24) is 20.0 Å². The van der Waals surface area contributed by atoms with E-state index in [1.165, 1.54) is 6.26 Å². The maximum absolute atomic E-state index is 12.4. The summed E-state index contributed by atoms with van der Waals surface area (Å²) < 4.78 is 4.86. The van der Waals surface area contributed by atoms with E-state index in [4.69, 9.17) is 4.52 Å². The molecule has 0 aromatic carbocycles. The number of hydrogen-bond acceptors (Lipinski definition) is 6. The maximum atomic E-state index is 12.4. The second-order valence-electron chi connectivity index (χ2n) is 6.03. The van der Waals surface area contributed by atoms with E-state index in [9.17, 15) is 4.79 Å². The van der Waals surface area contributed by atoms with Crippen molar-refractivity contribution in [3.63, 3.8) is 0 Å². The number of carbonyl (C=O) groups is 1. The first-order chi connectivity index (χ1) is 11.1. The zero-order chi connectivity index (χ0) is 16.4. The summed E-state index contributed by atoms with van der Waals surface area (Å²) in [6.07, 6.45) is 3.22. The largest absolute Gasteiger partial charge is 0.364 e. The molecule has 7 nitrogen and oxygen atoms in total. The number of aromatic nitrogens is 3. The van der Waals surface area contributed by atoms with Crippen molar-refractivity contribution < 1.29 is 9.32 Å². The molecule has 0 saturated carbocycles. The van der Waals surface area contributed by atoms with Gasteiger partial charge >= 0.3 is 0 Å². The average Bonchev–Trinajstić information content (AvgIpc) is 3.00. The minimum absolute atomic E-state index is 0.0275. The van der Waals surface area contributed by atoms with Crippen LogP contribution in [0.25, 0.3) is 0 Å². The number of amides is 1. The molecule has 0 bridgehead atoms. The van der Waals surface area contributed by atoms with Gasteiger partial charge in [-0.2, -0.15) is 0 Å². The first-order valence-corrected chi connectivity index (χ1v) is 7.84. The number of carbonyl (C=O) groups excluding carboxylic acids is 1. The highest BCUT2D eigenvalue weighted by Crippen LogP contribution is 2.17. The molecule has 0 unspecified atom stereocenters. The first kappa shape index (κ1) is 15.5. The molecule has 7 heteroatoms. The standard InChI is InChI=1S/C16H21N5O2/c1-11(2)14-4-5-17-16(18-14)21-8-6-20(7-9-21)15(22)13-10-23-19-12(13)3/h4-5,10-11H,6-9H2,1-3H3. The number of hydrogen-bond donors (Lipinski definition) is 0. The molecule has 3 rings (SSSR count). The molecule has 0 aliphatic carbocycles. The van der Waals surface area contributed by atoms with Gasteiger partial charge in [0, 0.05) is 38.1 Å². The van der Waals surface area contributed by atoms with E-state index < -0.39 is 0 Å². The molecule has 0 atom stereocenters. The van der Waals surface area contributed by atoms with Crippen LogP contribution in [0.15, 0.2) is 23.0 Å². The highest BCUT2D eigenvalue weighted by molar-refractivity contribution is 5.95. The Morgan fingerprint density at radius 1 is 1.26 bits per heavy atom. The van der Waals surface area contributed by atoms with Crippen LogP contribution in [-0.2, 0) is 0 Å². The van der Waals surface area contributed by atoms with Crippen molar-refractivity contribution in [3.05, 3.63) is 35.5 Å². The van der Waals surface area contributed by atoms with Gasteiger partial charge in [-0.1, -0.05) is 19.0 Å². The summed E-state index contributed by atoms with van der Waals surface area (Å²) in [6, 6.07) is 1.95. The lowest BCUT2D eigenvalue weighted by Crippen LogP contribution is -2.49. The SMILES string of the molecule is Cc1nocc1C(=O)N1CCN(c2nccc(C(C)C)n2)CC1. The molecular formula is C16H21N5O2. The van der Waals surface area contributed by atoms with Crippen molar-refractivity contribution in [2.45, 2.75) is 26.7 Å².